The van der Waals surface area contributed by atoms with E-state index < -0.39 is 0 Å². The molecular weight excluding hydrogens is 252 g/mol. The van der Waals surface area contributed by atoms with Gasteiger partial charge < -0.3 is 5.73 Å². The van der Waals surface area contributed by atoms with Crippen LogP contribution in [0.15, 0.2) is 16.8 Å². The Morgan fingerprint density at radius 3 is 2.79 bits per heavy atom. The average Bonchev–Trinajstić information content (AvgIpc) is 2.92. The summed E-state index contributed by atoms with van der Waals surface area (Å²) < 4.78 is 0. The highest BCUT2D eigenvalue weighted by Gasteiger charge is 2.30. The molecule has 2 fully saturated rings. The first kappa shape index (κ1) is 13.6. The predicted molar refractivity (Wildman–Crippen MR) is 82.6 cm³/mol. The third kappa shape index (κ3) is 3.59. The second-order valence-electron chi connectivity index (χ2n) is 6.44. The lowest BCUT2D eigenvalue weighted by Gasteiger charge is -2.42. The normalized spacial score (nSPS) is 30.6. The van der Waals surface area contributed by atoms with Gasteiger partial charge in [0, 0.05) is 25.2 Å². The van der Waals surface area contributed by atoms with Gasteiger partial charge in [-0.05, 0) is 54.0 Å². The van der Waals surface area contributed by atoms with Gasteiger partial charge in [-0.3, -0.25) is 4.90 Å². The van der Waals surface area contributed by atoms with Gasteiger partial charge in [-0.25, -0.2) is 0 Å². The highest BCUT2D eigenvalue weighted by atomic mass is 32.1. The molecule has 1 aliphatic carbocycles. The van der Waals surface area contributed by atoms with E-state index in [4.69, 9.17) is 5.73 Å². The van der Waals surface area contributed by atoms with Crippen molar-refractivity contribution >= 4 is 11.3 Å². The van der Waals surface area contributed by atoms with Gasteiger partial charge in [-0.2, -0.15) is 11.3 Å². The van der Waals surface area contributed by atoms with Crippen LogP contribution >= 0.6 is 11.3 Å². The van der Waals surface area contributed by atoms with Crippen molar-refractivity contribution in [1.82, 2.24) is 4.90 Å². The molecule has 0 spiro atoms. The van der Waals surface area contributed by atoms with Gasteiger partial charge in [0.1, 0.15) is 0 Å². The quantitative estimate of drug-likeness (QED) is 0.919. The molecule has 0 radical (unpaired) electrons. The molecule has 2 unspecified atom stereocenters. The van der Waals surface area contributed by atoms with E-state index in [1.54, 1.807) is 0 Å². The van der Waals surface area contributed by atoms with Crippen LogP contribution in [0.4, 0.5) is 0 Å². The van der Waals surface area contributed by atoms with Crippen LogP contribution in [-0.2, 0) is 6.42 Å². The zero-order chi connectivity index (χ0) is 13.1. The molecule has 2 N–H and O–H groups in total. The Hall–Kier alpha value is -0.380. The second kappa shape index (κ2) is 6.38. The van der Waals surface area contributed by atoms with E-state index in [-0.39, 0.29) is 0 Å². The van der Waals surface area contributed by atoms with Crippen molar-refractivity contribution in [2.45, 2.75) is 57.0 Å². The maximum atomic E-state index is 6.31. The Morgan fingerprint density at radius 1 is 1.21 bits per heavy atom. The molecule has 0 bridgehead atoms. The van der Waals surface area contributed by atoms with Gasteiger partial charge in [-0.15, -0.1) is 0 Å². The Labute approximate surface area is 121 Å². The first-order valence-corrected chi connectivity index (χ1v) is 8.76. The SMILES string of the molecule is NC1CC(Cc2ccsc2)CN(C2CCCCC2)C1. The number of likely N-dealkylation sites (tertiary alicyclic amines) is 1. The lowest BCUT2D eigenvalue weighted by molar-refractivity contribution is 0.0871. The van der Waals surface area contributed by atoms with Crippen LogP contribution < -0.4 is 5.73 Å². The molecule has 19 heavy (non-hydrogen) atoms. The van der Waals surface area contributed by atoms with E-state index in [1.807, 2.05) is 11.3 Å². The van der Waals surface area contributed by atoms with Crippen molar-refractivity contribution in [2.24, 2.45) is 11.7 Å². The number of hydrogen-bond donors (Lipinski definition) is 1. The number of hydrogen-bond acceptors (Lipinski definition) is 3. The van der Waals surface area contributed by atoms with Crippen LogP contribution in [0.5, 0.6) is 0 Å². The Kier molecular flexibility index (Phi) is 4.57. The maximum absolute atomic E-state index is 6.31. The molecule has 2 atom stereocenters. The molecule has 2 nitrogen and oxygen atoms in total. The molecule has 0 amide bonds. The third-order valence-corrected chi connectivity index (χ3v) is 5.53. The summed E-state index contributed by atoms with van der Waals surface area (Å²) in [6.07, 6.45) is 9.52. The highest BCUT2D eigenvalue weighted by molar-refractivity contribution is 7.07. The van der Waals surface area contributed by atoms with Crippen molar-refractivity contribution in [2.75, 3.05) is 13.1 Å². The van der Waals surface area contributed by atoms with E-state index in [1.165, 1.54) is 57.1 Å². The fourth-order valence-electron chi connectivity index (χ4n) is 3.92. The molecule has 1 saturated heterocycles. The molecule has 1 aromatic rings. The number of rotatable bonds is 3. The molecule has 1 aromatic heterocycles. The van der Waals surface area contributed by atoms with Crippen LogP contribution in [0.3, 0.4) is 0 Å². The zero-order valence-corrected chi connectivity index (χ0v) is 12.6. The second-order valence-corrected chi connectivity index (χ2v) is 7.22. The average molecular weight is 278 g/mol. The molecule has 3 heteroatoms. The molecule has 2 aliphatic rings. The minimum atomic E-state index is 0.388. The van der Waals surface area contributed by atoms with Gasteiger partial charge in [0.15, 0.2) is 0 Å². The van der Waals surface area contributed by atoms with E-state index >= 15 is 0 Å². The molecule has 3 rings (SSSR count). The predicted octanol–water partition coefficient (Wildman–Crippen LogP) is 3.27. The van der Waals surface area contributed by atoms with Crippen LogP contribution in [0.2, 0.25) is 0 Å². The van der Waals surface area contributed by atoms with Crippen molar-refractivity contribution in [3.05, 3.63) is 22.4 Å². The van der Waals surface area contributed by atoms with E-state index in [0.717, 1.165) is 18.5 Å². The summed E-state index contributed by atoms with van der Waals surface area (Å²) in [6.45, 7) is 2.40. The number of piperidine rings is 1. The van der Waals surface area contributed by atoms with Crippen LogP contribution in [-0.4, -0.2) is 30.1 Å². The fourth-order valence-corrected chi connectivity index (χ4v) is 4.60. The van der Waals surface area contributed by atoms with Crippen molar-refractivity contribution < 1.29 is 0 Å². The van der Waals surface area contributed by atoms with Crippen molar-refractivity contribution in [3.63, 3.8) is 0 Å². The number of thiophene rings is 1. The van der Waals surface area contributed by atoms with Crippen LogP contribution in [0, 0.1) is 5.92 Å². The molecule has 0 aromatic carbocycles. The Morgan fingerprint density at radius 2 is 2.05 bits per heavy atom. The van der Waals surface area contributed by atoms with Gasteiger partial charge in [0.2, 0.25) is 0 Å². The lowest BCUT2D eigenvalue weighted by atomic mass is 9.86. The summed E-state index contributed by atoms with van der Waals surface area (Å²) in [6, 6.07) is 3.49. The Bertz CT molecular complexity index is 370. The highest BCUT2D eigenvalue weighted by Crippen LogP contribution is 2.28. The molecule has 1 aliphatic heterocycles. The van der Waals surface area contributed by atoms with Crippen molar-refractivity contribution in [3.8, 4) is 0 Å². The minimum Gasteiger partial charge on any atom is -0.327 e. The molecule has 2 heterocycles. The molecular formula is C16H26N2S. The van der Waals surface area contributed by atoms with Crippen LogP contribution in [0.25, 0.3) is 0 Å². The topological polar surface area (TPSA) is 29.3 Å². The van der Waals surface area contributed by atoms with E-state index in [0.29, 0.717) is 6.04 Å². The summed E-state index contributed by atoms with van der Waals surface area (Å²) in [5.74, 6) is 0.764. The standard InChI is InChI=1S/C16H26N2S/c17-15-9-14(8-13-6-7-19-12-13)10-18(11-15)16-4-2-1-3-5-16/h6-7,12,14-16H,1-5,8-11,17H2. The van der Waals surface area contributed by atoms with E-state index in [2.05, 4.69) is 21.7 Å². The summed E-state index contributed by atoms with van der Waals surface area (Å²) >= 11 is 1.81. The fraction of sp³-hybridized carbons (Fsp3) is 0.750. The van der Waals surface area contributed by atoms with Crippen LogP contribution in [0.1, 0.15) is 44.1 Å². The lowest BCUT2D eigenvalue weighted by Crippen LogP contribution is -2.51. The van der Waals surface area contributed by atoms with Crippen molar-refractivity contribution in [1.29, 1.82) is 0 Å². The number of nitrogens with zero attached hydrogens (tertiary/aromatic N) is 1. The summed E-state index contributed by atoms with van der Waals surface area (Å²) in [5, 5.41) is 4.49. The first-order chi connectivity index (χ1) is 9.31. The zero-order valence-electron chi connectivity index (χ0n) is 11.8. The number of nitrogens with two attached hydrogens (primary N) is 1. The van der Waals surface area contributed by atoms with Gasteiger partial charge in [-0.1, -0.05) is 19.3 Å². The summed E-state index contributed by atoms with van der Waals surface area (Å²) in [7, 11) is 0. The van der Waals surface area contributed by atoms with Gasteiger partial charge >= 0.3 is 0 Å². The Balaban J connectivity index is 1.59. The third-order valence-electron chi connectivity index (χ3n) is 4.79. The smallest absolute Gasteiger partial charge is 0.0171 e. The van der Waals surface area contributed by atoms with Gasteiger partial charge in [0.25, 0.3) is 0 Å². The largest absolute Gasteiger partial charge is 0.327 e. The molecule has 1 saturated carbocycles. The van der Waals surface area contributed by atoms with E-state index in [9.17, 15) is 0 Å². The molecule has 106 valence electrons. The minimum absolute atomic E-state index is 0.388. The first-order valence-electron chi connectivity index (χ1n) is 7.82. The van der Waals surface area contributed by atoms with Gasteiger partial charge in [0.05, 0.1) is 0 Å². The maximum Gasteiger partial charge on any atom is 0.0171 e. The summed E-state index contributed by atoms with van der Waals surface area (Å²) in [4.78, 5) is 2.71. The monoisotopic (exact) mass is 278 g/mol. The summed E-state index contributed by atoms with van der Waals surface area (Å²) in [5.41, 5.74) is 7.82.